The van der Waals surface area contributed by atoms with Gasteiger partial charge in [-0.1, -0.05) is 0 Å². The summed E-state index contributed by atoms with van der Waals surface area (Å²) in [6, 6.07) is -1.07. The maximum Gasteiger partial charge on any atom is 0.445 e. The minimum absolute atomic E-state index is 0.00546. The van der Waals surface area contributed by atoms with Crippen LogP contribution in [0.3, 0.4) is 0 Å². The molecule has 8 heteroatoms. The molecule has 1 aromatic rings. The van der Waals surface area contributed by atoms with Crippen molar-refractivity contribution in [2.75, 3.05) is 0 Å². The summed E-state index contributed by atoms with van der Waals surface area (Å²) < 4.78 is 11.3. The van der Waals surface area contributed by atoms with Gasteiger partial charge in [-0.2, -0.15) is 0 Å². The molecule has 0 saturated heterocycles. The van der Waals surface area contributed by atoms with Gasteiger partial charge in [0, 0.05) is 6.42 Å². The molecule has 1 rings (SSSR count). The van der Waals surface area contributed by atoms with Gasteiger partial charge in [0.15, 0.2) is 0 Å². The van der Waals surface area contributed by atoms with Crippen LogP contribution in [-0.2, 0) is 15.8 Å². The largest absolute Gasteiger partial charge is 0.573 e. The Balaban J connectivity index is 2.69. The Labute approximate surface area is 80.1 Å². The van der Waals surface area contributed by atoms with Gasteiger partial charge in [-0.25, -0.2) is 4.98 Å². The third kappa shape index (κ3) is 2.59. The van der Waals surface area contributed by atoms with Gasteiger partial charge < -0.3 is 15.7 Å². The molecule has 14 heavy (non-hydrogen) atoms. The number of carbonyl (C=O) groups is 1. The third-order valence-corrected chi connectivity index (χ3v) is 2.15. The second-order valence-electron chi connectivity index (χ2n) is 2.63. The van der Waals surface area contributed by atoms with Crippen LogP contribution >= 0.6 is 8.18 Å². The van der Waals surface area contributed by atoms with E-state index >= 15 is 0 Å². The first-order valence-corrected chi connectivity index (χ1v) is 4.79. The van der Waals surface area contributed by atoms with Gasteiger partial charge in [-0.15, -0.1) is 4.34 Å². The normalized spacial score (nSPS) is 13.7. The van der Waals surface area contributed by atoms with E-state index < -0.39 is 20.2 Å². The molecular weight excluding hydrogens is 209 g/mol. The fourth-order valence-electron chi connectivity index (χ4n) is 0.860. The number of rotatable bonds is 4. The summed E-state index contributed by atoms with van der Waals surface area (Å²) in [6.45, 7) is 0. The van der Waals surface area contributed by atoms with Crippen molar-refractivity contribution in [3.05, 3.63) is 18.2 Å². The molecule has 0 aromatic carbocycles. The van der Waals surface area contributed by atoms with Gasteiger partial charge in [0.25, 0.3) is 0 Å². The van der Waals surface area contributed by atoms with E-state index in [9.17, 15) is 14.3 Å². The average molecular weight is 217 g/mol. The number of carboxylic acid groups (broad SMARTS) is 1. The van der Waals surface area contributed by atoms with Crippen LogP contribution in [0.4, 0.5) is 0 Å². The second kappa shape index (κ2) is 4.28. The molecule has 0 amide bonds. The van der Waals surface area contributed by atoms with Crippen molar-refractivity contribution in [3.63, 3.8) is 0 Å². The summed E-state index contributed by atoms with van der Waals surface area (Å²) in [4.78, 5) is 24.5. The van der Waals surface area contributed by atoms with Crippen molar-refractivity contribution in [1.82, 2.24) is 9.32 Å². The number of aliphatic carboxylic acids is 1. The van der Waals surface area contributed by atoms with E-state index in [-0.39, 0.29) is 6.42 Å². The van der Waals surface area contributed by atoms with Crippen LogP contribution in [0.2, 0.25) is 0 Å². The Morgan fingerprint density at radius 2 is 2.50 bits per heavy atom. The van der Waals surface area contributed by atoms with E-state index in [0.29, 0.717) is 5.69 Å². The predicted molar refractivity (Wildman–Crippen MR) is 44.5 cm³/mol. The summed E-state index contributed by atoms with van der Waals surface area (Å²) in [5.41, 5.74) is 5.57. The SMILES string of the molecule is N[C@@H](Cc1cn([P+](=O)[O-])cn1)C(=O)O. The Hall–Kier alpha value is -1.30. The molecule has 0 saturated carbocycles. The molecule has 0 aliphatic carbocycles. The number of aromatic nitrogens is 2. The number of carboxylic acids is 1. The standard InChI is InChI=1S/C6H8N3O4P/c7-5(6(10)11)1-4-2-9(3-8-4)14(12)13/h2-3,5H,1,7H2,(H,10,11)/t5-/m0/s1. The van der Waals surface area contributed by atoms with E-state index in [1.54, 1.807) is 0 Å². The highest BCUT2D eigenvalue weighted by Crippen LogP contribution is 2.13. The van der Waals surface area contributed by atoms with Crippen LogP contribution in [0.5, 0.6) is 0 Å². The lowest BCUT2D eigenvalue weighted by molar-refractivity contribution is -0.167. The Morgan fingerprint density at radius 1 is 1.86 bits per heavy atom. The second-order valence-corrected chi connectivity index (χ2v) is 3.57. The number of nitrogens with two attached hydrogens (primary N) is 1. The van der Waals surface area contributed by atoms with Crippen LogP contribution in [0.25, 0.3) is 0 Å². The van der Waals surface area contributed by atoms with Crippen LogP contribution in [-0.4, -0.2) is 26.4 Å². The minimum Gasteiger partial charge on any atom is -0.573 e. The van der Waals surface area contributed by atoms with Gasteiger partial charge in [0.05, 0.1) is 11.9 Å². The zero-order valence-corrected chi connectivity index (χ0v) is 7.92. The smallest absolute Gasteiger partial charge is 0.445 e. The number of hydrogen-bond donors (Lipinski definition) is 2. The molecule has 0 aliphatic rings. The number of hydrogen-bond acceptors (Lipinski definition) is 5. The first-order valence-electron chi connectivity index (χ1n) is 3.66. The lowest BCUT2D eigenvalue weighted by Crippen LogP contribution is -2.32. The molecule has 1 unspecified atom stereocenters. The molecule has 1 aromatic heterocycles. The summed E-state index contributed by atoms with van der Waals surface area (Å²) in [5.74, 6) is -1.15. The Bertz CT molecular complexity index is 364. The molecule has 0 fully saturated rings. The zero-order chi connectivity index (χ0) is 10.7. The van der Waals surface area contributed by atoms with Crippen molar-refractivity contribution in [3.8, 4) is 0 Å². The topological polar surface area (TPSA) is 121 Å². The first-order chi connectivity index (χ1) is 6.50. The Morgan fingerprint density at radius 3 is 2.93 bits per heavy atom. The van der Waals surface area contributed by atoms with E-state index in [0.717, 1.165) is 10.7 Å². The molecule has 0 aliphatic heterocycles. The van der Waals surface area contributed by atoms with Crippen molar-refractivity contribution >= 4 is 14.1 Å². The summed E-state index contributed by atoms with van der Waals surface area (Å²) in [5, 5.41) is 8.48. The molecular formula is C6H8N3O4P. The maximum atomic E-state index is 10.4. The highest BCUT2D eigenvalue weighted by molar-refractivity contribution is 7.34. The summed E-state index contributed by atoms with van der Waals surface area (Å²) in [7, 11) is -2.75. The molecule has 2 atom stereocenters. The average Bonchev–Trinajstić information content (AvgIpc) is 2.52. The monoisotopic (exact) mass is 217 g/mol. The zero-order valence-electron chi connectivity index (χ0n) is 7.03. The summed E-state index contributed by atoms with van der Waals surface area (Å²) in [6.07, 6.45) is 2.33. The minimum atomic E-state index is -2.75. The number of nitrogens with zero attached hydrogens (tertiary/aromatic N) is 2. The molecule has 0 bridgehead atoms. The fraction of sp³-hybridized carbons (Fsp3) is 0.333. The summed E-state index contributed by atoms with van der Waals surface area (Å²) >= 11 is 0. The lowest BCUT2D eigenvalue weighted by Gasteiger charge is -2.01. The molecule has 7 nitrogen and oxygen atoms in total. The predicted octanol–water partition coefficient (Wildman–Crippen LogP) is -1.30. The number of imidazole rings is 1. The van der Waals surface area contributed by atoms with Gasteiger partial charge >= 0.3 is 14.1 Å². The third-order valence-electron chi connectivity index (χ3n) is 1.56. The van der Waals surface area contributed by atoms with E-state index in [4.69, 9.17) is 10.8 Å². The molecule has 3 N–H and O–H groups in total. The fourth-order valence-corrected chi connectivity index (χ4v) is 1.22. The van der Waals surface area contributed by atoms with Gasteiger partial charge in [-0.3, -0.25) is 4.79 Å². The van der Waals surface area contributed by atoms with Crippen molar-refractivity contribution < 1.29 is 19.4 Å². The highest BCUT2D eigenvalue weighted by atomic mass is 31.1. The molecule has 0 radical (unpaired) electrons. The van der Waals surface area contributed by atoms with Crippen molar-refractivity contribution in [1.29, 1.82) is 0 Å². The molecule has 0 spiro atoms. The van der Waals surface area contributed by atoms with Gasteiger partial charge in [0.1, 0.15) is 12.4 Å². The molecule has 76 valence electrons. The quantitative estimate of drug-likeness (QED) is 0.604. The van der Waals surface area contributed by atoms with Crippen LogP contribution < -0.4 is 10.6 Å². The highest BCUT2D eigenvalue weighted by Gasteiger charge is 2.15. The molecule has 1 heterocycles. The van der Waals surface area contributed by atoms with Crippen molar-refractivity contribution in [2.24, 2.45) is 5.73 Å². The maximum absolute atomic E-state index is 10.4. The first kappa shape index (κ1) is 10.8. The van der Waals surface area contributed by atoms with Gasteiger partial charge in [0.2, 0.25) is 0 Å². The van der Waals surface area contributed by atoms with E-state index in [2.05, 4.69) is 4.98 Å². The Kier molecular flexibility index (Phi) is 3.29. The van der Waals surface area contributed by atoms with Crippen LogP contribution in [0.1, 0.15) is 5.69 Å². The van der Waals surface area contributed by atoms with Crippen molar-refractivity contribution in [2.45, 2.75) is 12.5 Å². The van der Waals surface area contributed by atoms with E-state index in [1.165, 1.54) is 6.20 Å². The van der Waals surface area contributed by atoms with Crippen LogP contribution in [0.15, 0.2) is 12.5 Å². The lowest BCUT2D eigenvalue weighted by atomic mass is 10.2. The van der Waals surface area contributed by atoms with E-state index in [1.807, 2.05) is 0 Å². The van der Waals surface area contributed by atoms with Gasteiger partial charge in [-0.05, 0) is 4.57 Å². The van der Waals surface area contributed by atoms with Crippen LogP contribution in [0, 0.1) is 0 Å².